The molecule has 3 aromatic rings. The van der Waals surface area contributed by atoms with Gasteiger partial charge in [-0.25, -0.2) is 4.79 Å². The third kappa shape index (κ3) is 4.23. The number of esters is 1. The predicted molar refractivity (Wildman–Crippen MR) is 106 cm³/mol. The first-order chi connectivity index (χ1) is 13.8. The molecule has 1 aliphatic heterocycles. The minimum absolute atomic E-state index is 0.233. The molecule has 0 saturated heterocycles. The van der Waals surface area contributed by atoms with Gasteiger partial charge in [0, 0.05) is 11.1 Å². The zero-order chi connectivity index (χ0) is 19.2. The van der Waals surface area contributed by atoms with Crippen LogP contribution in [0.25, 0.3) is 5.76 Å². The van der Waals surface area contributed by atoms with Crippen LogP contribution in [-0.4, -0.2) is 5.97 Å². The van der Waals surface area contributed by atoms with Crippen molar-refractivity contribution >= 4 is 11.7 Å². The molecule has 0 aromatic heterocycles. The summed E-state index contributed by atoms with van der Waals surface area (Å²) in [6, 6.07) is 25.3. The highest BCUT2D eigenvalue weighted by molar-refractivity contribution is 5.91. The Hall–Kier alpha value is -3.53. The van der Waals surface area contributed by atoms with E-state index < -0.39 is 5.97 Å². The molecule has 0 bridgehead atoms. The van der Waals surface area contributed by atoms with E-state index in [4.69, 9.17) is 14.2 Å². The summed E-state index contributed by atoms with van der Waals surface area (Å²) < 4.78 is 17.0. The van der Waals surface area contributed by atoms with E-state index in [0.29, 0.717) is 19.0 Å². The molecule has 4 heteroatoms. The van der Waals surface area contributed by atoms with E-state index in [-0.39, 0.29) is 6.61 Å². The maximum absolute atomic E-state index is 12.2. The van der Waals surface area contributed by atoms with Gasteiger partial charge in [0.1, 0.15) is 31.3 Å². The molecule has 3 aromatic carbocycles. The monoisotopic (exact) mass is 372 g/mol. The number of benzene rings is 3. The lowest BCUT2D eigenvalue weighted by Gasteiger charge is -2.09. The van der Waals surface area contributed by atoms with Crippen LogP contribution in [0.2, 0.25) is 0 Å². The van der Waals surface area contributed by atoms with Crippen LogP contribution in [0.3, 0.4) is 0 Å². The quantitative estimate of drug-likeness (QED) is 0.457. The van der Waals surface area contributed by atoms with Crippen molar-refractivity contribution in [1.82, 2.24) is 0 Å². The fourth-order valence-electron chi connectivity index (χ4n) is 3.04. The first kappa shape index (κ1) is 17.9. The Balaban J connectivity index is 1.43. The summed E-state index contributed by atoms with van der Waals surface area (Å²) in [6.45, 7) is 1.09. The normalized spacial score (nSPS) is 13.6. The molecule has 0 saturated carbocycles. The molecule has 28 heavy (non-hydrogen) atoms. The molecule has 0 spiro atoms. The minimum Gasteiger partial charge on any atom is -0.488 e. The third-order valence-electron chi connectivity index (χ3n) is 4.48. The van der Waals surface area contributed by atoms with E-state index in [1.165, 1.54) is 6.08 Å². The Morgan fingerprint density at radius 1 is 0.857 bits per heavy atom. The molecular weight excluding hydrogens is 352 g/mol. The first-order valence-electron chi connectivity index (χ1n) is 9.14. The second-order valence-electron chi connectivity index (χ2n) is 6.45. The van der Waals surface area contributed by atoms with Gasteiger partial charge in [0.15, 0.2) is 0 Å². The Morgan fingerprint density at radius 2 is 1.54 bits per heavy atom. The van der Waals surface area contributed by atoms with E-state index in [1.807, 2.05) is 78.9 Å². The van der Waals surface area contributed by atoms with Gasteiger partial charge in [-0.1, -0.05) is 72.8 Å². The molecule has 1 aliphatic rings. The smallest absolute Gasteiger partial charge is 0.334 e. The van der Waals surface area contributed by atoms with Crippen LogP contribution in [0.5, 0.6) is 5.75 Å². The molecule has 0 radical (unpaired) electrons. The number of rotatable bonds is 6. The van der Waals surface area contributed by atoms with Gasteiger partial charge in [-0.3, -0.25) is 0 Å². The average Bonchev–Trinajstić information content (AvgIpc) is 3.15. The van der Waals surface area contributed by atoms with E-state index >= 15 is 0 Å². The second kappa shape index (κ2) is 8.44. The summed E-state index contributed by atoms with van der Waals surface area (Å²) in [5.74, 6) is 0.850. The van der Waals surface area contributed by atoms with Gasteiger partial charge >= 0.3 is 5.97 Å². The van der Waals surface area contributed by atoms with Crippen LogP contribution in [0.15, 0.2) is 84.9 Å². The molecule has 0 aliphatic carbocycles. The maximum atomic E-state index is 12.2. The number of carbonyl (C=O) groups excluding carboxylic acids is 1. The fraction of sp³-hybridized carbons (Fsp3) is 0.125. The zero-order valence-corrected chi connectivity index (χ0v) is 15.3. The molecule has 0 amide bonds. The fourth-order valence-corrected chi connectivity index (χ4v) is 3.04. The van der Waals surface area contributed by atoms with Crippen molar-refractivity contribution in [3.63, 3.8) is 0 Å². The van der Waals surface area contributed by atoms with Gasteiger partial charge in [0.05, 0.1) is 6.08 Å². The van der Waals surface area contributed by atoms with E-state index in [1.54, 1.807) is 0 Å². The number of carbonyl (C=O) groups is 1. The Labute approximate surface area is 164 Å². The summed E-state index contributed by atoms with van der Waals surface area (Å²) in [5.41, 5.74) is 3.85. The van der Waals surface area contributed by atoms with Crippen LogP contribution >= 0.6 is 0 Å². The number of hydrogen-bond acceptors (Lipinski definition) is 4. The molecule has 1 heterocycles. The lowest BCUT2D eigenvalue weighted by molar-refractivity contribution is -0.139. The van der Waals surface area contributed by atoms with E-state index in [9.17, 15) is 4.79 Å². The summed E-state index contributed by atoms with van der Waals surface area (Å²) in [4.78, 5) is 12.2. The number of fused-ring (bicyclic) bond motifs is 1. The van der Waals surface area contributed by atoms with Crippen LogP contribution in [0, 0.1) is 0 Å². The Kier molecular flexibility index (Phi) is 5.38. The van der Waals surface area contributed by atoms with Crippen LogP contribution < -0.4 is 4.74 Å². The minimum atomic E-state index is -0.428. The Bertz CT molecular complexity index is 978. The van der Waals surface area contributed by atoms with Crippen molar-refractivity contribution in [2.75, 3.05) is 0 Å². The van der Waals surface area contributed by atoms with Gasteiger partial charge in [-0.15, -0.1) is 0 Å². The number of ether oxygens (including phenoxy) is 3. The summed E-state index contributed by atoms with van der Waals surface area (Å²) in [6.07, 6.45) is 1.40. The molecule has 0 atom stereocenters. The lowest BCUT2D eigenvalue weighted by atomic mass is 10.1. The van der Waals surface area contributed by atoms with Crippen molar-refractivity contribution in [1.29, 1.82) is 0 Å². The standard InChI is InChI=1S/C24H20O4/c25-24(28-16-19-10-5-2-6-11-19)14-23-20-12-7-13-22(21(20)17-27-23)26-15-18-8-3-1-4-9-18/h1-14H,15-17H2/b23-14-. The van der Waals surface area contributed by atoms with Gasteiger partial charge < -0.3 is 14.2 Å². The average molecular weight is 372 g/mol. The van der Waals surface area contributed by atoms with Crippen molar-refractivity contribution in [3.05, 3.63) is 107 Å². The summed E-state index contributed by atoms with van der Waals surface area (Å²) in [7, 11) is 0. The van der Waals surface area contributed by atoms with Crippen LogP contribution in [0.1, 0.15) is 22.3 Å². The van der Waals surface area contributed by atoms with E-state index in [0.717, 1.165) is 28.0 Å². The van der Waals surface area contributed by atoms with Gasteiger partial charge in [0.25, 0.3) is 0 Å². The summed E-state index contributed by atoms with van der Waals surface area (Å²) >= 11 is 0. The molecule has 140 valence electrons. The van der Waals surface area contributed by atoms with Crippen molar-refractivity contribution < 1.29 is 19.0 Å². The van der Waals surface area contributed by atoms with Crippen molar-refractivity contribution in [2.45, 2.75) is 19.8 Å². The molecular formula is C24H20O4. The molecule has 4 nitrogen and oxygen atoms in total. The van der Waals surface area contributed by atoms with E-state index in [2.05, 4.69) is 0 Å². The Morgan fingerprint density at radius 3 is 2.25 bits per heavy atom. The highest BCUT2D eigenvalue weighted by Crippen LogP contribution is 2.36. The molecule has 0 fully saturated rings. The van der Waals surface area contributed by atoms with Gasteiger partial charge in [-0.2, -0.15) is 0 Å². The third-order valence-corrected chi connectivity index (χ3v) is 4.48. The van der Waals surface area contributed by atoms with Crippen molar-refractivity contribution in [2.24, 2.45) is 0 Å². The highest BCUT2D eigenvalue weighted by atomic mass is 16.5. The topological polar surface area (TPSA) is 44.8 Å². The molecule has 4 rings (SSSR count). The molecule has 0 unspecified atom stereocenters. The highest BCUT2D eigenvalue weighted by Gasteiger charge is 2.22. The number of hydrogen-bond donors (Lipinski definition) is 0. The van der Waals surface area contributed by atoms with Crippen molar-refractivity contribution in [3.8, 4) is 5.75 Å². The largest absolute Gasteiger partial charge is 0.488 e. The maximum Gasteiger partial charge on any atom is 0.334 e. The first-order valence-corrected chi connectivity index (χ1v) is 9.14. The van der Waals surface area contributed by atoms with Gasteiger partial charge in [0.2, 0.25) is 0 Å². The van der Waals surface area contributed by atoms with Gasteiger partial charge in [-0.05, 0) is 17.2 Å². The summed E-state index contributed by atoms with van der Waals surface area (Å²) in [5, 5.41) is 0. The lowest BCUT2D eigenvalue weighted by Crippen LogP contribution is -2.02. The van der Waals surface area contributed by atoms with Crippen LogP contribution in [0.4, 0.5) is 0 Å². The predicted octanol–water partition coefficient (Wildman–Crippen LogP) is 4.88. The SMILES string of the molecule is O=C(/C=C1\OCc2c(OCc3ccccc3)cccc21)OCc1ccccc1. The van der Waals surface area contributed by atoms with Crippen LogP contribution in [-0.2, 0) is 34.1 Å². The second-order valence-corrected chi connectivity index (χ2v) is 6.45. The zero-order valence-electron chi connectivity index (χ0n) is 15.3. The molecule has 0 N–H and O–H groups in total.